The number of amides is 1. The van der Waals surface area contributed by atoms with E-state index in [0.717, 1.165) is 38.6 Å². The highest BCUT2D eigenvalue weighted by Gasteiger charge is 2.30. The Hall–Kier alpha value is -1.47. The first-order chi connectivity index (χ1) is 14.7. The van der Waals surface area contributed by atoms with Gasteiger partial charge in [-0.1, -0.05) is 60.3 Å². The topological polar surface area (TPSA) is 79.7 Å². The molecule has 178 valence electrons. The number of carbonyl (C=O) groups is 2. The Morgan fingerprint density at radius 2 is 1.87 bits per heavy atom. The Balaban J connectivity index is 2.96. The zero-order valence-corrected chi connectivity index (χ0v) is 21.0. The molecule has 1 amide bonds. The molecule has 0 saturated carbocycles. The lowest BCUT2D eigenvalue weighted by molar-refractivity contribution is -0.136. The lowest BCUT2D eigenvalue weighted by atomic mass is 9.94. The monoisotopic (exact) mass is 454 g/mol. The fraction of sp³-hybridized carbons (Fsp3) is 0.792. The Kier molecular flexibility index (Phi) is 13.0. The number of esters is 1. The van der Waals surface area contributed by atoms with Gasteiger partial charge in [-0.3, -0.25) is 4.79 Å². The quantitative estimate of drug-likeness (QED) is 0.275. The molecule has 1 N–H and O–H groups in total. The first-order valence-corrected chi connectivity index (χ1v) is 12.7. The van der Waals surface area contributed by atoms with E-state index in [2.05, 4.69) is 39.6 Å². The van der Waals surface area contributed by atoms with Crippen LogP contribution in [0.25, 0.3) is 0 Å². The average Bonchev–Trinajstić information content (AvgIpc) is 3.23. The van der Waals surface area contributed by atoms with Gasteiger partial charge in [0.25, 0.3) is 0 Å². The highest BCUT2D eigenvalue weighted by Crippen LogP contribution is 2.28. The van der Waals surface area contributed by atoms with Gasteiger partial charge >= 0.3 is 5.97 Å². The predicted octanol–water partition coefficient (Wildman–Crippen LogP) is 5.61. The molecule has 7 heteroatoms. The summed E-state index contributed by atoms with van der Waals surface area (Å²) in [4.78, 5) is 31.4. The highest BCUT2D eigenvalue weighted by atomic mass is 32.1. The first kappa shape index (κ1) is 27.6. The number of hydrogen-bond acceptors (Lipinski definition) is 6. The second-order valence-electron chi connectivity index (χ2n) is 8.72. The Bertz CT molecular complexity index is 662. The van der Waals surface area contributed by atoms with E-state index >= 15 is 0 Å². The predicted molar refractivity (Wildman–Crippen MR) is 126 cm³/mol. The molecule has 31 heavy (non-hydrogen) atoms. The minimum Gasteiger partial charge on any atom is -0.461 e. The summed E-state index contributed by atoms with van der Waals surface area (Å²) in [7, 11) is 0. The summed E-state index contributed by atoms with van der Waals surface area (Å²) >= 11 is 1.26. The van der Waals surface area contributed by atoms with E-state index in [1.54, 1.807) is 12.3 Å². The van der Waals surface area contributed by atoms with Gasteiger partial charge in [-0.2, -0.15) is 0 Å². The molecule has 0 aliphatic carbocycles. The highest BCUT2D eigenvalue weighted by molar-refractivity contribution is 7.09. The van der Waals surface area contributed by atoms with Crippen LogP contribution in [0.4, 0.5) is 0 Å². The fourth-order valence-corrected chi connectivity index (χ4v) is 4.36. The van der Waals surface area contributed by atoms with Crippen LogP contribution in [0, 0.1) is 11.8 Å². The Morgan fingerprint density at radius 3 is 2.45 bits per heavy atom. The maximum absolute atomic E-state index is 13.2. The van der Waals surface area contributed by atoms with Crippen molar-refractivity contribution >= 4 is 23.2 Å². The van der Waals surface area contributed by atoms with Gasteiger partial charge < -0.3 is 14.7 Å². The van der Waals surface area contributed by atoms with Crippen LogP contribution in [0.5, 0.6) is 0 Å². The van der Waals surface area contributed by atoms with E-state index in [9.17, 15) is 14.7 Å². The van der Waals surface area contributed by atoms with Gasteiger partial charge in [-0.15, -0.1) is 11.3 Å². The molecule has 0 unspecified atom stereocenters. The van der Waals surface area contributed by atoms with E-state index in [-0.39, 0.29) is 30.2 Å². The summed E-state index contributed by atoms with van der Waals surface area (Å²) in [5.74, 6) is 0.239. The van der Waals surface area contributed by atoms with E-state index in [1.165, 1.54) is 11.3 Å². The van der Waals surface area contributed by atoms with Crippen LogP contribution in [0.1, 0.15) is 108 Å². The average molecular weight is 455 g/mol. The van der Waals surface area contributed by atoms with Crippen molar-refractivity contribution in [3.63, 3.8) is 0 Å². The van der Waals surface area contributed by atoms with Gasteiger partial charge in [0.2, 0.25) is 5.91 Å². The molecule has 3 atom stereocenters. The van der Waals surface area contributed by atoms with E-state index in [0.29, 0.717) is 23.8 Å². The molecule has 1 heterocycles. The number of aliphatic hydroxyl groups excluding tert-OH is 1. The maximum atomic E-state index is 13.2. The molecule has 0 fully saturated rings. The molecule has 0 aliphatic heterocycles. The second-order valence-corrected chi connectivity index (χ2v) is 9.61. The van der Waals surface area contributed by atoms with Gasteiger partial charge in [0, 0.05) is 30.8 Å². The summed E-state index contributed by atoms with van der Waals surface area (Å²) < 4.78 is 4.99. The summed E-state index contributed by atoms with van der Waals surface area (Å²) in [6, 6.07) is -0.0804. The number of unbranched alkanes of at least 4 members (excludes halogenated alkanes) is 3. The van der Waals surface area contributed by atoms with Gasteiger partial charge in [0.15, 0.2) is 5.69 Å². The standard InChI is InChI=1S/C24H42N2O4S/c1-7-10-11-12-13-26(22(28)14-18(6)8-2)20(17(4)5)15-21(27)23-25-19(16-31-23)24(29)30-9-3/h16-18,20-21,27H,7-15H2,1-6H3/t18-,20+,21+/m0/s1. The molecule has 0 aliphatic rings. The lowest BCUT2D eigenvalue weighted by Crippen LogP contribution is -2.45. The number of thiazole rings is 1. The first-order valence-electron chi connectivity index (χ1n) is 11.8. The summed E-state index contributed by atoms with van der Waals surface area (Å²) in [5.41, 5.74) is 0.228. The minimum absolute atomic E-state index is 0.0804. The van der Waals surface area contributed by atoms with Crippen molar-refractivity contribution in [2.75, 3.05) is 13.2 Å². The summed E-state index contributed by atoms with van der Waals surface area (Å²) in [5, 5.41) is 13.0. The van der Waals surface area contributed by atoms with Gasteiger partial charge in [0.1, 0.15) is 11.1 Å². The molecule has 0 aromatic carbocycles. The molecule has 1 aromatic heterocycles. The van der Waals surface area contributed by atoms with Crippen LogP contribution in [-0.2, 0) is 9.53 Å². The molecular formula is C24H42N2O4S. The smallest absolute Gasteiger partial charge is 0.357 e. The number of aliphatic hydroxyl groups is 1. The molecular weight excluding hydrogens is 412 g/mol. The third-order valence-corrected chi connectivity index (χ3v) is 6.67. The largest absolute Gasteiger partial charge is 0.461 e. The fourth-order valence-electron chi connectivity index (χ4n) is 3.57. The second kappa shape index (κ2) is 14.6. The molecule has 0 radical (unpaired) electrons. The van der Waals surface area contributed by atoms with Crippen LogP contribution < -0.4 is 0 Å². The van der Waals surface area contributed by atoms with Crippen LogP contribution in [0.15, 0.2) is 5.38 Å². The number of hydrogen-bond donors (Lipinski definition) is 1. The molecule has 6 nitrogen and oxygen atoms in total. The Morgan fingerprint density at radius 1 is 1.16 bits per heavy atom. The van der Waals surface area contributed by atoms with Crippen molar-refractivity contribution in [3.05, 3.63) is 16.1 Å². The number of rotatable bonds is 15. The molecule has 1 aromatic rings. The van der Waals surface area contributed by atoms with Gasteiger partial charge in [-0.05, 0) is 25.2 Å². The van der Waals surface area contributed by atoms with Crippen molar-refractivity contribution in [2.45, 2.75) is 98.6 Å². The van der Waals surface area contributed by atoms with Crippen LogP contribution in [0.2, 0.25) is 0 Å². The van der Waals surface area contributed by atoms with Gasteiger partial charge in [0.05, 0.1) is 6.61 Å². The molecule has 0 saturated heterocycles. The van der Waals surface area contributed by atoms with Crippen molar-refractivity contribution in [1.29, 1.82) is 0 Å². The minimum atomic E-state index is -0.824. The molecule has 1 rings (SSSR count). The third-order valence-electron chi connectivity index (χ3n) is 5.72. The number of nitrogens with zero attached hydrogens (tertiary/aromatic N) is 2. The van der Waals surface area contributed by atoms with Crippen molar-refractivity contribution in [3.8, 4) is 0 Å². The SMILES string of the molecule is CCCCCCN(C(=O)C[C@@H](C)CC)[C@H](C[C@@H](O)c1nc(C(=O)OCC)cs1)C(C)C. The van der Waals surface area contributed by atoms with Crippen molar-refractivity contribution < 1.29 is 19.4 Å². The number of ether oxygens (including phenoxy) is 1. The van der Waals surface area contributed by atoms with E-state index in [1.807, 2.05) is 4.90 Å². The van der Waals surface area contributed by atoms with E-state index in [4.69, 9.17) is 4.74 Å². The van der Waals surface area contributed by atoms with Gasteiger partial charge in [-0.25, -0.2) is 9.78 Å². The zero-order valence-electron chi connectivity index (χ0n) is 20.2. The maximum Gasteiger partial charge on any atom is 0.357 e. The lowest BCUT2D eigenvalue weighted by Gasteiger charge is -2.36. The number of carbonyl (C=O) groups excluding carboxylic acids is 2. The third kappa shape index (κ3) is 9.27. The zero-order chi connectivity index (χ0) is 23.4. The van der Waals surface area contributed by atoms with E-state index < -0.39 is 12.1 Å². The van der Waals surface area contributed by atoms with Crippen LogP contribution in [0.3, 0.4) is 0 Å². The van der Waals surface area contributed by atoms with Crippen LogP contribution >= 0.6 is 11.3 Å². The van der Waals surface area contributed by atoms with Crippen molar-refractivity contribution in [1.82, 2.24) is 9.88 Å². The normalized spacial score (nSPS) is 14.3. The number of aromatic nitrogens is 1. The molecule has 0 spiro atoms. The van der Waals surface area contributed by atoms with Crippen LogP contribution in [-0.4, -0.2) is 46.1 Å². The van der Waals surface area contributed by atoms with Crippen molar-refractivity contribution in [2.24, 2.45) is 11.8 Å². The summed E-state index contributed by atoms with van der Waals surface area (Å²) in [6.07, 6.45) is 5.49. The molecule has 0 bridgehead atoms. The Labute approximate surface area is 192 Å². The summed E-state index contributed by atoms with van der Waals surface area (Å²) in [6.45, 7) is 13.3.